The zero-order valence-corrected chi connectivity index (χ0v) is 18.7. The Bertz CT molecular complexity index is 1100. The average Bonchev–Trinajstić information content (AvgIpc) is 2.66. The molecule has 1 amide bonds. The van der Waals surface area contributed by atoms with E-state index in [1.54, 1.807) is 19.1 Å². The van der Waals surface area contributed by atoms with Gasteiger partial charge in [0.05, 0.1) is 16.6 Å². The van der Waals surface area contributed by atoms with Gasteiger partial charge in [-0.05, 0) is 48.9 Å². The number of hydrogen-bond acceptors (Lipinski definition) is 5. The smallest absolute Gasteiger partial charge is 0.304 e. The number of anilines is 1. The van der Waals surface area contributed by atoms with E-state index in [0.717, 1.165) is 27.0 Å². The van der Waals surface area contributed by atoms with E-state index in [4.69, 9.17) is 0 Å². The second kappa shape index (κ2) is 9.11. The Labute approximate surface area is 176 Å². The van der Waals surface area contributed by atoms with Crippen molar-refractivity contribution in [2.24, 2.45) is 0 Å². The van der Waals surface area contributed by atoms with E-state index in [2.05, 4.69) is 5.32 Å². The normalized spacial score (nSPS) is 13.1. The Morgan fingerprint density at radius 3 is 2.00 bits per heavy atom. The number of amides is 1. The van der Waals surface area contributed by atoms with Gasteiger partial charge in [-0.25, -0.2) is 17.1 Å². The fourth-order valence-electron chi connectivity index (χ4n) is 2.62. The summed E-state index contributed by atoms with van der Waals surface area (Å²) in [5.74, 6) is -1.11. The maximum absolute atomic E-state index is 13.2. The number of nitrogens with zero attached hydrogens (tertiary/aromatic N) is 2. The summed E-state index contributed by atoms with van der Waals surface area (Å²) in [6.45, 7) is 1.17. The monoisotopic (exact) mass is 457 g/mol. The molecular formula is C19H24FN3O5S2. The van der Waals surface area contributed by atoms with Crippen LogP contribution in [0.15, 0.2) is 53.4 Å². The Hall–Kier alpha value is -2.50. The van der Waals surface area contributed by atoms with Crippen molar-refractivity contribution in [2.75, 3.05) is 31.2 Å². The van der Waals surface area contributed by atoms with Gasteiger partial charge in [-0.2, -0.15) is 12.7 Å². The van der Waals surface area contributed by atoms with E-state index in [1.165, 1.54) is 38.4 Å². The predicted molar refractivity (Wildman–Crippen MR) is 112 cm³/mol. The summed E-state index contributed by atoms with van der Waals surface area (Å²) in [6.07, 6.45) is 1.10. The van der Waals surface area contributed by atoms with Crippen LogP contribution in [0.5, 0.6) is 0 Å². The minimum Gasteiger partial charge on any atom is -0.348 e. The Balaban J connectivity index is 2.20. The van der Waals surface area contributed by atoms with Crippen molar-refractivity contribution in [3.05, 3.63) is 59.9 Å². The van der Waals surface area contributed by atoms with E-state index in [-0.39, 0.29) is 10.6 Å². The van der Waals surface area contributed by atoms with Crippen LogP contribution in [-0.4, -0.2) is 53.9 Å². The fourth-order valence-corrected chi connectivity index (χ4v) is 4.31. The minimum atomic E-state index is -4.01. The average molecular weight is 458 g/mol. The second-order valence-corrected chi connectivity index (χ2v) is 11.0. The van der Waals surface area contributed by atoms with Crippen molar-refractivity contribution in [1.82, 2.24) is 9.62 Å². The quantitative estimate of drug-likeness (QED) is 0.650. The third-order valence-electron chi connectivity index (χ3n) is 4.33. The van der Waals surface area contributed by atoms with E-state index in [9.17, 15) is 26.0 Å². The molecule has 0 heterocycles. The molecule has 1 atom stereocenters. The van der Waals surface area contributed by atoms with Crippen LogP contribution in [0.25, 0.3) is 0 Å². The van der Waals surface area contributed by atoms with Crippen LogP contribution >= 0.6 is 0 Å². The third-order valence-corrected chi connectivity index (χ3v) is 7.28. The van der Waals surface area contributed by atoms with Gasteiger partial charge in [0.2, 0.25) is 5.91 Å². The molecule has 2 rings (SSSR count). The lowest BCUT2D eigenvalue weighted by Gasteiger charge is -2.27. The lowest BCUT2D eigenvalue weighted by molar-refractivity contribution is -0.120. The second-order valence-electron chi connectivity index (χ2n) is 6.90. The largest absolute Gasteiger partial charge is 0.348 e. The molecule has 0 spiro atoms. The maximum atomic E-state index is 13.2. The number of rotatable bonds is 8. The van der Waals surface area contributed by atoms with Crippen molar-refractivity contribution >= 4 is 31.6 Å². The highest BCUT2D eigenvalue weighted by atomic mass is 32.2. The number of benzene rings is 2. The van der Waals surface area contributed by atoms with Gasteiger partial charge in [0.25, 0.3) is 0 Å². The fraction of sp³-hybridized carbons (Fsp3) is 0.316. The molecule has 8 nitrogen and oxygen atoms in total. The molecule has 1 N–H and O–H groups in total. The van der Waals surface area contributed by atoms with Gasteiger partial charge in [0.1, 0.15) is 12.4 Å². The molecule has 0 saturated heterocycles. The van der Waals surface area contributed by atoms with Crippen LogP contribution in [-0.2, 0) is 24.8 Å². The first-order valence-electron chi connectivity index (χ1n) is 8.87. The number of carbonyl (C=O) groups excluding carboxylic acids is 1. The van der Waals surface area contributed by atoms with E-state index >= 15 is 0 Å². The molecule has 0 fully saturated rings. The van der Waals surface area contributed by atoms with Crippen molar-refractivity contribution in [3.8, 4) is 0 Å². The summed E-state index contributed by atoms with van der Waals surface area (Å²) in [4.78, 5) is 12.7. The van der Waals surface area contributed by atoms with Gasteiger partial charge in [-0.1, -0.05) is 12.1 Å². The van der Waals surface area contributed by atoms with Crippen LogP contribution in [0.1, 0.15) is 18.5 Å². The van der Waals surface area contributed by atoms with Crippen LogP contribution in [0.4, 0.5) is 10.1 Å². The van der Waals surface area contributed by atoms with Crippen LogP contribution in [0, 0.1) is 5.82 Å². The van der Waals surface area contributed by atoms with E-state index in [1.807, 2.05) is 0 Å². The number of sulfone groups is 1. The first-order chi connectivity index (χ1) is 13.8. The summed E-state index contributed by atoms with van der Waals surface area (Å²) < 4.78 is 63.5. The molecule has 11 heteroatoms. The SMILES string of the molecule is CC(NC(=O)CN(c1ccc(F)cc1)S(=O)(=O)N(C)C)c1ccc(S(C)(=O)=O)cc1. The summed E-state index contributed by atoms with van der Waals surface area (Å²) >= 11 is 0. The van der Waals surface area contributed by atoms with Crippen molar-refractivity contribution in [3.63, 3.8) is 0 Å². The summed E-state index contributed by atoms with van der Waals surface area (Å²) in [5, 5.41) is 2.69. The first-order valence-corrected chi connectivity index (χ1v) is 12.2. The molecule has 2 aromatic rings. The lowest BCUT2D eigenvalue weighted by atomic mass is 10.1. The van der Waals surface area contributed by atoms with Gasteiger partial charge < -0.3 is 5.32 Å². The van der Waals surface area contributed by atoms with Gasteiger partial charge in [0, 0.05) is 20.4 Å². The highest BCUT2D eigenvalue weighted by molar-refractivity contribution is 7.90. The molecule has 0 bridgehead atoms. The molecule has 0 radical (unpaired) electrons. The van der Waals surface area contributed by atoms with E-state index in [0.29, 0.717) is 5.56 Å². The zero-order valence-electron chi connectivity index (χ0n) is 17.0. The molecule has 30 heavy (non-hydrogen) atoms. The Kier molecular flexibility index (Phi) is 7.22. The number of halogens is 1. The van der Waals surface area contributed by atoms with Crippen molar-refractivity contribution < 1.29 is 26.0 Å². The standard InChI is InChI=1S/C19H24FN3O5S2/c1-14(15-5-11-18(12-6-15)29(4,25)26)21-19(24)13-23(30(27,28)22(2)3)17-9-7-16(20)8-10-17/h5-12,14H,13H2,1-4H3,(H,21,24). The van der Waals surface area contributed by atoms with Gasteiger partial charge in [-0.15, -0.1) is 0 Å². The summed E-state index contributed by atoms with van der Waals surface area (Å²) in [6, 6.07) is 10.3. The minimum absolute atomic E-state index is 0.144. The number of hydrogen-bond donors (Lipinski definition) is 1. The molecule has 0 aliphatic heterocycles. The summed E-state index contributed by atoms with van der Waals surface area (Å²) in [7, 11) is -4.68. The Morgan fingerprint density at radius 2 is 1.53 bits per heavy atom. The third kappa shape index (κ3) is 5.77. The number of carbonyl (C=O) groups is 1. The molecule has 0 aliphatic carbocycles. The molecule has 1 unspecified atom stereocenters. The van der Waals surface area contributed by atoms with Crippen LogP contribution in [0.3, 0.4) is 0 Å². The van der Waals surface area contributed by atoms with E-state index < -0.39 is 44.4 Å². The number of nitrogens with one attached hydrogen (secondary N) is 1. The van der Waals surface area contributed by atoms with Gasteiger partial charge in [-0.3, -0.25) is 4.79 Å². The predicted octanol–water partition coefficient (Wildman–Crippen LogP) is 1.72. The van der Waals surface area contributed by atoms with Crippen LogP contribution in [0.2, 0.25) is 0 Å². The summed E-state index contributed by atoms with van der Waals surface area (Å²) in [5.41, 5.74) is 0.796. The Morgan fingerprint density at radius 1 is 1.00 bits per heavy atom. The first kappa shape index (κ1) is 23.8. The molecular weight excluding hydrogens is 433 g/mol. The maximum Gasteiger partial charge on any atom is 0.304 e. The van der Waals surface area contributed by atoms with Gasteiger partial charge in [0.15, 0.2) is 9.84 Å². The molecule has 0 saturated carbocycles. The molecule has 0 aromatic heterocycles. The molecule has 0 aliphatic rings. The van der Waals surface area contributed by atoms with Crippen molar-refractivity contribution in [2.45, 2.75) is 17.9 Å². The van der Waals surface area contributed by atoms with Crippen molar-refractivity contribution in [1.29, 1.82) is 0 Å². The highest BCUT2D eigenvalue weighted by Gasteiger charge is 2.27. The van der Waals surface area contributed by atoms with Crippen LogP contribution < -0.4 is 9.62 Å². The molecule has 164 valence electrons. The topological polar surface area (TPSA) is 104 Å². The van der Waals surface area contributed by atoms with Gasteiger partial charge >= 0.3 is 10.2 Å². The lowest BCUT2D eigenvalue weighted by Crippen LogP contribution is -2.46. The molecule has 2 aromatic carbocycles. The highest BCUT2D eigenvalue weighted by Crippen LogP contribution is 2.21. The zero-order chi connectivity index (χ0) is 22.7.